The van der Waals surface area contributed by atoms with Gasteiger partial charge in [-0.2, -0.15) is 5.26 Å². The molecule has 0 saturated carbocycles. The fourth-order valence-corrected chi connectivity index (χ4v) is 3.47. The molecule has 1 fully saturated rings. The lowest BCUT2D eigenvalue weighted by Gasteiger charge is -2.35. The number of nitrogens with zero attached hydrogens (tertiary/aromatic N) is 7. The van der Waals surface area contributed by atoms with Crippen LogP contribution in [-0.2, 0) is 0 Å². The van der Waals surface area contributed by atoms with Crippen LogP contribution in [0.3, 0.4) is 0 Å². The Bertz CT molecular complexity index is 1070. The van der Waals surface area contributed by atoms with Crippen molar-refractivity contribution in [3.63, 3.8) is 0 Å². The highest BCUT2D eigenvalue weighted by atomic mass is 16.2. The molecule has 1 saturated heterocycles. The van der Waals surface area contributed by atoms with Crippen LogP contribution in [0.25, 0.3) is 5.69 Å². The maximum absolute atomic E-state index is 13.0. The Morgan fingerprint density at radius 1 is 1.07 bits per heavy atom. The first-order chi connectivity index (χ1) is 14.1. The zero-order valence-electron chi connectivity index (χ0n) is 16.4. The Hall–Kier alpha value is -3.73. The van der Waals surface area contributed by atoms with Gasteiger partial charge in [0.05, 0.1) is 16.9 Å². The summed E-state index contributed by atoms with van der Waals surface area (Å²) in [6.45, 7) is 6.19. The van der Waals surface area contributed by atoms with Gasteiger partial charge in [0, 0.05) is 32.4 Å². The first-order valence-corrected chi connectivity index (χ1v) is 9.47. The molecule has 8 nitrogen and oxygen atoms in total. The number of nitriles is 1. The van der Waals surface area contributed by atoms with Crippen molar-refractivity contribution in [2.45, 2.75) is 13.8 Å². The number of aromatic nitrogens is 4. The number of piperazine rings is 1. The molecule has 1 aromatic carbocycles. The van der Waals surface area contributed by atoms with E-state index in [9.17, 15) is 10.1 Å². The Labute approximate surface area is 169 Å². The number of benzene rings is 1. The zero-order chi connectivity index (χ0) is 20.4. The SMILES string of the molecule is Cc1ccc(-n2nnc(C(=O)N3CCN(c4ncccc4C#N)CC3)c2C)cc1. The van der Waals surface area contributed by atoms with Crippen LogP contribution in [0, 0.1) is 25.2 Å². The molecule has 0 spiro atoms. The number of rotatable bonds is 3. The molecular weight excluding hydrogens is 366 g/mol. The first-order valence-electron chi connectivity index (χ1n) is 9.47. The Morgan fingerprint density at radius 3 is 2.48 bits per heavy atom. The lowest BCUT2D eigenvalue weighted by molar-refractivity contribution is 0.0739. The van der Waals surface area contributed by atoms with Crippen LogP contribution >= 0.6 is 0 Å². The number of amides is 1. The average molecular weight is 387 g/mol. The van der Waals surface area contributed by atoms with E-state index in [-0.39, 0.29) is 5.91 Å². The van der Waals surface area contributed by atoms with Gasteiger partial charge in [0.15, 0.2) is 5.69 Å². The fraction of sp³-hybridized carbons (Fsp3) is 0.286. The second kappa shape index (κ2) is 7.72. The van der Waals surface area contributed by atoms with E-state index >= 15 is 0 Å². The molecule has 29 heavy (non-hydrogen) atoms. The molecule has 3 heterocycles. The molecule has 0 unspecified atom stereocenters. The van der Waals surface area contributed by atoms with Crippen molar-refractivity contribution in [3.8, 4) is 11.8 Å². The van der Waals surface area contributed by atoms with E-state index in [0.29, 0.717) is 43.3 Å². The molecule has 146 valence electrons. The smallest absolute Gasteiger partial charge is 0.276 e. The van der Waals surface area contributed by atoms with E-state index < -0.39 is 0 Å². The van der Waals surface area contributed by atoms with Gasteiger partial charge < -0.3 is 9.80 Å². The minimum atomic E-state index is -0.123. The standard InChI is InChI=1S/C21H21N7O/c1-15-5-7-18(8-6-15)28-16(2)19(24-25-28)21(29)27-12-10-26(11-13-27)20-17(14-22)4-3-9-23-20/h3-9H,10-13H2,1-2H3. The summed E-state index contributed by atoms with van der Waals surface area (Å²) in [6, 6.07) is 13.6. The quantitative estimate of drug-likeness (QED) is 0.684. The molecule has 3 aromatic rings. The van der Waals surface area contributed by atoms with Gasteiger partial charge in [0.25, 0.3) is 5.91 Å². The van der Waals surface area contributed by atoms with E-state index in [1.165, 1.54) is 0 Å². The van der Waals surface area contributed by atoms with E-state index in [0.717, 1.165) is 16.9 Å². The maximum atomic E-state index is 13.0. The number of pyridine rings is 1. The van der Waals surface area contributed by atoms with Crippen LogP contribution in [0.4, 0.5) is 5.82 Å². The van der Waals surface area contributed by atoms with Crippen LogP contribution < -0.4 is 4.90 Å². The first kappa shape index (κ1) is 18.6. The predicted molar refractivity (Wildman–Crippen MR) is 108 cm³/mol. The van der Waals surface area contributed by atoms with Crippen molar-refractivity contribution < 1.29 is 4.79 Å². The molecular formula is C21H21N7O. The van der Waals surface area contributed by atoms with Gasteiger partial charge in [-0.05, 0) is 38.1 Å². The number of carbonyl (C=O) groups excluding carboxylic acids is 1. The van der Waals surface area contributed by atoms with Crippen molar-refractivity contribution >= 4 is 11.7 Å². The van der Waals surface area contributed by atoms with Gasteiger partial charge in [-0.15, -0.1) is 5.10 Å². The van der Waals surface area contributed by atoms with E-state index in [1.54, 1.807) is 27.9 Å². The van der Waals surface area contributed by atoms with Gasteiger partial charge in [0.1, 0.15) is 11.9 Å². The van der Waals surface area contributed by atoms with Gasteiger partial charge in [0.2, 0.25) is 0 Å². The summed E-state index contributed by atoms with van der Waals surface area (Å²) in [5, 5.41) is 17.6. The summed E-state index contributed by atoms with van der Waals surface area (Å²) in [6.07, 6.45) is 1.68. The van der Waals surface area contributed by atoms with Crippen molar-refractivity contribution in [2.75, 3.05) is 31.1 Å². The largest absolute Gasteiger partial charge is 0.352 e. The second-order valence-electron chi connectivity index (χ2n) is 7.04. The maximum Gasteiger partial charge on any atom is 0.276 e. The summed E-state index contributed by atoms with van der Waals surface area (Å²) < 4.78 is 1.69. The fourth-order valence-electron chi connectivity index (χ4n) is 3.47. The molecule has 1 aliphatic rings. The average Bonchev–Trinajstić information content (AvgIpc) is 3.15. The van der Waals surface area contributed by atoms with Gasteiger partial charge in [-0.25, -0.2) is 9.67 Å². The van der Waals surface area contributed by atoms with Crippen molar-refractivity contribution in [1.29, 1.82) is 5.26 Å². The summed E-state index contributed by atoms with van der Waals surface area (Å²) in [4.78, 5) is 21.2. The predicted octanol–water partition coefficient (Wildman–Crippen LogP) is 2.11. The van der Waals surface area contributed by atoms with Gasteiger partial charge >= 0.3 is 0 Å². The molecule has 0 radical (unpaired) electrons. The van der Waals surface area contributed by atoms with Gasteiger partial charge in [-0.1, -0.05) is 22.9 Å². The molecule has 1 aliphatic heterocycles. The monoisotopic (exact) mass is 387 g/mol. The second-order valence-corrected chi connectivity index (χ2v) is 7.04. The summed E-state index contributed by atoms with van der Waals surface area (Å²) in [7, 11) is 0. The molecule has 0 aliphatic carbocycles. The van der Waals surface area contributed by atoms with Gasteiger partial charge in [-0.3, -0.25) is 4.79 Å². The molecule has 2 aromatic heterocycles. The molecule has 8 heteroatoms. The third kappa shape index (κ3) is 3.55. The third-order valence-corrected chi connectivity index (χ3v) is 5.15. The lowest BCUT2D eigenvalue weighted by atomic mass is 10.2. The highest BCUT2D eigenvalue weighted by molar-refractivity contribution is 5.93. The van der Waals surface area contributed by atoms with Crippen LogP contribution in [0.15, 0.2) is 42.6 Å². The van der Waals surface area contributed by atoms with Crippen LogP contribution in [-0.4, -0.2) is 57.0 Å². The molecule has 0 N–H and O–H groups in total. The Balaban J connectivity index is 1.48. The Kier molecular flexibility index (Phi) is 4.96. The summed E-state index contributed by atoms with van der Waals surface area (Å²) in [5.41, 5.74) is 3.67. The summed E-state index contributed by atoms with van der Waals surface area (Å²) in [5.74, 6) is 0.547. The molecule has 0 atom stereocenters. The van der Waals surface area contributed by atoms with E-state index in [1.807, 2.05) is 43.0 Å². The normalized spacial score (nSPS) is 14.0. The summed E-state index contributed by atoms with van der Waals surface area (Å²) >= 11 is 0. The van der Waals surface area contributed by atoms with Crippen LogP contribution in [0.1, 0.15) is 27.3 Å². The van der Waals surface area contributed by atoms with Crippen molar-refractivity contribution in [3.05, 3.63) is 65.1 Å². The molecule has 0 bridgehead atoms. The lowest BCUT2D eigenvalue weighted by Crippen LogP contribution is -2.49. The third-order valence-electron chi connectivity index (χ3n) is 5.15. The number of hydrogen-bond acceptors (Lipinski definition) is 6. The Morgan fingerprint density at radius 2 is 1.79 bits per heavy atom. The van der Waals surface area contributed by atoms with Crippen LogP contribution in [0.5, 0.6) is 0 Å². The van der Waals surface area contributed by atoms with Crippen molar-refractivity contribution in [1.82, 2.24) is 24.9 Å². The topological polar surface area (TPSA) is 90.9 Å². The zero-order valence-corrected chi connectivity index (χ0v) is 16.4. The number of carbonyl (C=O) groups is 1. The number of anilines is 1. The van der Waals surface area contributed by atoms with Crippen molar-refractivity contribution in [2.24, 2.45) is 0 Å². The molecule has 4 rings (SSSR count). The number of hydrogen-bond donors (Lipinski definition) is 0. The molecule has 1 amide bonds. The minimum absolute atomic E-state index is 0.123. The minimum Gasteiger partial charge on any atom is -0.352 e. The highest BCUT2D eigenvalue weighted by Gasteiger charge is 2.27. The van der Waals surface area contributed by atoms with Crippen LogP contribution in [0.2, 0.25) is 0 Å². The van der Waals surface area contributed by atoms with E-state index in [2.05, 4.69) is 21.4 Å². The van der Waals surface area contributed by atoms with E-state index in [4.69, 9.17) is 0 Å². The highest BCUT2D eigenvalue weighted by Crippen LogP contribution is 2.20. The number of aryl methyl sites for hydroxylation is 1.